The van der Waals surface area contributed by atoms with Gasteiger partial charge in [-0.2, -0.15) is 0 Å². The van der Waals surface area contributed by atoms with Gasteiger partial charge in [0.05, 0.1) is 12.6 Å². The Hall–Kier alpha value is -3.48. The molecule has 1 aliphatic carbocycles. The molecule has 37 heavy (non-hydrogen) atoms. The zero-order valence-electron chi connectivity index (χ0n) is 21.1. The first-order chi connectivity index (χ1) is 18.1. The monoisotopic (exact) mass is 497 g/mol. The van der Waals surface area contributed by atoms with E-state index in [2.05, 4.69) is 58.4 Å². The quantitative estimate of drug-likeness (QED) is 0.365. The number of nitrogens with one attached hydrogen (secondary N) is 3. The molecule has 0 radical (unpaired) electrons. The van der Waals surface area contributed by atoms with E-state index >= 15 is 0 Å². The molecule has 4 N–H and O–H groups in total. The molecule has 2 unspecified atom stereocenters. The predicted molar refractivity (Wildman–Crippen MR) is 147 cm³/mol. The lowest BCUT2D eigenvalue weighted by Gasteiger charge is -2.27. The summed E-state index contributed by atoms with van der Waals surface area (Å²) in [7, 11) is 0. The first kappa shape index (κ1) is 25.2. The Morgan fingerprint density at radius 3 is 2.49 bits per heavy atom. The second kappa shape index (κ2) is 11.7. The van der Waals surface area contributed by atoms with Crippen molar-refractivity contribution in [1.29, 1.82) is 0 Å². The second-order valence-electron chi connectivity index (χ2n) is 10.2. The number of aliphatic hydroxyl groups is 1. The molecule has 1 heterocycles. The van der Waals surface area contributed by atoms with Crippen LogP contribution in [-0.2, 0) is 22.4 Å². The van der Waals surface area contributed by atoms with Crippen LogP contribution in [0.5, 0.6) is 0 Å². The molecular weight excluding hydrogens is 462 g/mol. The maximum Gasteiger partial charge on any atom is 0.243 e. The van der Waals surface area contributed by atoms with Crippen molar-refractivity contribution >= 4 is 28.2 Å². The number of piperidine rings is 1. The highest BCUT2D eigenvalue weighted by Crippen LogP contribution is 2.30. The van der Waals surface area contributed by atoms with Gasteiger partial charge in [0, 0.05) is 12.3 Å². The SMILES string of the molecule is O=C(NC(Cc1ccc2ccccc2c1)C(=O)NC(CO)CC1=CCc2ccccc21)C1CCNCC1. The summed E-state index contributed by atoms with van der Waals surface area (Å²) in [5, 5.41) is 21.7. The van der Waals surface area contributed by atoms with Gasteiger partial charge in [0.2, 0.25) is 11.8 Å². The lowest BCUT2D eigenvalue weighted by molar-refractivity contribution is -0.132. The topological polar surface area (TPSA) is 90.5 Å². The van der Waals surface area contributed by atoms with Crippen LogP contribution in [0.25, 0.3) is 16.3 Å². The number of aliphatic hydroxyl groups excluding tert-OH is 1. The first-order valence-corrected chi connectivity index (χ1v) is 13.3. The number of allylic oxidation sites excluding steroid dienone is 1. The number of carbonyl (C=O) groups excluding carboxylic acids is 2. The normalized spacial score (nSPS) is 17.1. The van der Waals surface area contributed by atoms with Gasteiger partial charge in [-0.3, -0.25) is 9.59 Å². The highest BCUT2D eigenvalue weighted by Gasteiger charge is 2.28. The number of hydrogen-bond acceptors (Lipinski definition) is 4. The molecular formula is C31H35N3O3. The summed E-state index contributed by atoms with van der Waals surface area (Å²) >= 11 is 0. The van der Waals surface area contributed by atoms with Gasteiger partial charge >= 0.3 is 0 Å². The van der Waals surface area contributed by atoms with E-state index in [1.165, 1.54) is 11.1 Å². The number of hydrogen-bond donors (Lipinski definition) is 4. The molecule has 1 fully saturated rings. The Balaban J connectivity index is 1.31. The molecule has 2 amide bonds. The summed E-state index contributed by atoms with van der Waals surface area (Å²) in [4.78, 5) is 26.7. The summed E-state index contributed by atoms with van der Waals surface area (Å²) in [6.07, 6.45) is 5.51. The average molecular weight is 498 g/mol. The van der Waals surface area contributed by atoms with Gasteiger partial charge in [0.1, 0.15) is 6.04 Å². The molecule has 5 rings (SSSR count). The second-order valence-corrected chi connectivity index (χ2v) is 10.2. The molecule has 3 aromatic rings. The molecule has 192 valence electrons. The minimum atomic E-state index is -0.720. The summed E-state index contributed by atoms with van der Waals surface area (Å²) in [6.45, 7) is 1.45. The van der Waals surface area contributed by atoms with Crippen LogP contribution in [0.4, 0.5) is 0 Å². The molecule has 0 bridgehead atoms. The maximum absolute atomic E-state index is 13.5. The number of carbonyl (C=O) groups is 2. The van der Waals surface area contributed by atoms with E-state index in [-0.39, 0.29) is 24.3 Å². The van der Waals surface area contributed by atoms with Crippen LogP contribution in [0.3, 0.4) is 0 Å². The Bertz CT molecular complexity index is 1300. The number of fused-ring (bicyclic) bond motifs is 2. The fraction of sp³-hybridized carbons (Fsp3) is 0.355. The molecule has 0 saturated carbocycles. The largest absolute Gasteiger partial charge is 0.394 e. The van der Waals surface area contributed by atoms with Crippen molar-refractivity contribution in [2.75, 3.05) is 19.7 Å². The number of rotatable bonds is 9. The van der Waals surface area contributed by atoms with Crippen LogP contribution in [0.1, 0.15) is 36.0 Å². The predicted octanol–water partition coefficient (Wildman–Crippen LogP) is 3.37. The third kappa shape index (κ3) is 6.09. The van der Waals surface area contributed by atoms with Crippen LogP contribution >= 0.6 is 0 Å². The average Bonchev–Trinajstić information content (AvgIpc) is 3.35. The summed E-state index contributed by atoms with van der Waals surface area (Å²) in [6, 6.07) is 21.4. The van der Waals surface area contributed by atoms with Gasteiger partial charge in [-0.15, -0.1) is 0 Å². The van der Waals surface area contributed by atoms with Crippen LogP contribution < -0.4 is 16.0 Å². The molecule has 1 saturated heterocycles. The summed E-state index contributed by atoms with van der Waals surface area (Å²) < 4.78 is 0. The van der Waals surface area contributed by atoms with Crippen molar-refractivity contribution in [3.8, 4) is 0 Å². The lowest BCUT2D eigenvalue weighted by Crippen LogP contribution is -2.53. The molecule has 6 nitrogen and oxygen atoms in total. The minimum absolute atomic E-state index is 0.0737. The van der Waals surface area contributed by atoms with Crippen LogP contribution in [0.15, 0.2) is 72.8 Å². The van der Waals surface area contributed by atoms with Crippen LogP contribution in [-0.4, -0.2) is 48.7 Å². The van der Waals surface area contributed by atoms with Gasteiger partial charge in [0.25, 0.3) is 0 Å². The molecule has 0 aromatic heterocycles. The zero-order chi connectivity index (χ0) is 25.6. The van der Waals surface area contributed by atoms with Crippen molar-refractivity contribution < 1.29 is 14.7 Å². The Labute approximate surface area is 218 Å². The molecule has 1 aliphatic heterocycles. The van der Waals surface area contributed by atoms with E-state index in [0.717, 1.165) is 54.3 Å². The maximum atomic E-state index is 13.5. The van der Waals surface area contributed by atoms with E-state index < -0.39 is 12.1 Å². The molecule has 6 heteroatoms. The lowest BCUT2D eigenvalue weighted by atomic mass is 9.95. The third-order valence-corrected chi connectivity index (χ3v) is 7.56. The highest BCUT2D eigenvalue weighted by atomic mass is 16.3. The van der Waals surface area contributed by atoms with E-state index in [4.69, 9.17) is 0 Å². The zero-order valence-corrected chi connectivity index (χ0v) is 21.1. The molecule has 2 aliphatic rings. The molecule has 0 spiro atoms. The van der Waals surface area contributed by atoms with Crippen LogP contribution in [0, 0.1) is 5.92 Å². The van der Waals surface area contributed by atoms with E-state index in [9.17, 15) is 14.7 Å². The van der Waals surface area contributed by atoms with Gasteiger partial charge < -0.3 is 21.1 Å². The standard InChI is InChI=1S/C31H35N3O3/c35-20-27(19-26-12-11-23-6-3-4-8-28(23)26)33-31(37)29(34-30(36)24-13-15-32-16-14-24)18-21-9-10-22-5-1-2-7-25(22)17-21/h1-10,12,17,24,27,29,32,35H,11,13-16,18-20H2,(H,33,37)(H,34,36). The van der Waals surface area contributed by atoms with E-state index in [1.54, 1.807) is 0 Å². The van der Waals surface area contributed by atoms with E-state index in [1.807, 2.05) is 30.3 Å². The van der Waals surface area contributed by atoms with Crippen molar-refractivity contribution in [1.82, 2.24) is 16.0 Å². The van der Waals surface area contributed by atoms with Crippen LogP contribution in [0.2, 0.25) is 0 Å². The van der Waals surface area contributed by atoms with Crippen molar-refractivity contribution in [2.24, 2.45) is 5.92 Å². The van der Waals surface area contributed by atoms with Crippen molar-refractivity contribution in [3.05, 3.63) is 89.5 Å². The molecule has 3 aromatic carbocycles. The van der Waals surface area contributed by atoms with Gasteiger partial charge in [-0.05, 0) is 71.8 Å². The fourth-order valence-corrected chi connectivity index (χ4v) is 5.46. The Morgan fingerprint density at radius 2 is 1.68 bits per heavy atom. The van der Waals surface area contributed by atoms with Crippen molar-refractivity contribution in [2.45, 2.75) is 44.2 Å². The number of benzene rings is 3. The molecule has 2 atom stereocenters. The fourth-order valence-electron chi connectivity index (χ4n) is 5.46. The Kier molecular flexibility index (Phi) is 7.97. The van der Waals surface area contributed by atoms with Gasteiger partial charge in [0.15, 0.2) is 0 Å². The third-order valence-electron chi connectivity index (χ3n) is 7.56. The minimum Gasteiger partial charge on any atom is -0.394 e. The van der Waals surface area contributed by atoms with Crippen molar-refractivity contribution in [3.63, 3.8) is 0 Å². The Morgan fingerprint density at radius 1 is 0.919 bits per heavy atom. The smallest absolute Gasteiger partial charge is 0.243 e. The summed E-state index contributed by atoms with van der Waals surface area (Å²) in [5.41, 5.74) is 4.57. The first-order valence-electron chi connectivity index (χ1n) is 13.3. The van der Waals surface area contributed by atoms with Gasteiger partial charge in [-0.1, -0.05) is 72.8 Å². The van der Waals surface area contributed by atoms with Gasteiger partial charge in [-0.25, -0.2) is 0 Å². The summed E-state index contributed by atoms with van der Waals surface area (Å²) in [5.74, 6) is -0.432. The highest BCUT2D eigenvalue weighted by molar-refractivity contribution is 5.89. The number of amides is 2. The van der Waals surface area contributed by atoms with E-state index in [0.29, 0.717) is 12.8 Å².